The van der Waals surface area contributed by atoms with Gasteiger partial charge in [-0.25, -0.2) is 9.97 Å². The van der Waals surface area contributed by atoms with Gasteiger partial charge in [-0.05, 0) is 32.9 Å². The van der Waals surface area contributed by atoms with Gasteiger partial charge in [0.1, 0.15) is 17.8 Å². The highest BCUT2D eigenvalue weighted by Gasteiger charge is 2.15. The number of nitrogen functional groups attached to an aromatic ring is 1. The van der Waals surface area contributed by atoms with E-state index in [0.29, 0.717) is 17.3 Å². The lowest BCUT2D eigenvalue weighted by molar-refractivity contribution is 0.417. The first-order valence-corrected chi connectivity index (χ1v) is 6.69. The van der Waals surface area contributed by atoms with E-state index in [0.717, 1.165) is 11.4 Å². The molecule has 1 aromatic carbocycles. The average molecular weight is 287 g/mol. The van der Waals surface area contributed by atoms with Crippen LogP contribution in [0.25, 0.3) is 0 Å². The van der Waals surface area contributed by atoms with Crippen LogP contribution in [0.4, 0.5) is 23.0 Å². The maximum Gasteiger partial charge on any atom is 0.159 e. The van der Waals surface area contributed by atoms with Gasteiger partial charge in [-0.3, -0.25) is 0 Å². The van der Waals surface area contributed by atoms with E-state index in [1.54, 1.807) is 7.11 Å². The van der Waals surface area contributed by atoms with Crippen LogP contribution in [0.15, 0.2) is 30.6 Å². The molecule has 0 fully saturated rings. The Morgan fingerprint density at radius 1 is 1.10 bits per heavy atom. The van der Waals surface area contributed by atoms with Gasteiger partial charge in [0.25, 0.3) is 0 Å². The van der Waals surface area contributed by atoms with Gasteiger partial charge >= 0.3 is 0 Å². The molecule has 0 unspecified atom stereocenters. The predicted molar refractivity (Wildman–Crippen MR) is 86.1 cm³/mol. The molecular formula is C15H21N5O. The third-order valence-electron chi connectivity index (χ3n) is 2.74. The van der Waals surface area contributed by atoms with Gasteiger partial charge in [0.15, 0.2) is 11.6 Å². The molecule has 0 saturated heterocycles. The lowest BCUT2D eigenvalue weighted by Crippen LogP contribution is -2.27. The summed E-state index contributed by atoms with van der Waals surface area (Å²) < 4.78 is 5.31. The van der Waals surface area contributed by atoms with Crippen LogP contribution in [0.5, 0.6) is 5.75 Å². The van der Waals surface area contributed by atoms with Gasteiger partial charge in [-0.2, -0.15) is 0 Å². The minimum atomic E-state index is -0.135. The van der Waals surface area contributed by atoms with E-state index in [1.807, 2.05) is 45.0 Å². The molecule has 1 aromatic heterocycles. The van der Waals surface area contributed by atoms with Crippen molar-refractivity contribution in [1.29, 1.82) is 0 Å². The number of para-hydroxylation sites is 2. The fraction of sp³-hybridized carbons (Fsp3) is 0.333. The zero-order chi connectivity index (χ0) is 15.5. The van der Waals surface area contributed by atoms with Crippen molar-refractivity contribution >= 4 is 23.0 Å². The number of nitrogens with one attached hydrogen (secondary N) is 2. The second kappa shape index (κ2) is 5.87. The lowest BCUT2D eigenvalue weighted by atomic mass is 10.1. The average Bonchev–Trinajstić information content (AvgIpc) is 2.42. The Morgan fingerprint density at radius 3 is 2.43 bits per heavy atom. The molecule has 0 aliphatic rings. The Hall–Kier alpha value is -2.50. The fourth-order valence-corrected chi connectivity index (χ4v) is 1.83. The normalized spacial score (nSPS) is 11.0. The van der Waals surface area contributed by atoms with Crippen molar-refractivity contribution in [2.45, 2.75) is 26.3 Å². The van der Waals surface area contributed by atoms with Gasteiger partial charge in [0, 0.05) is 5.54 Å². The molecule has 6 nitrogen and oxygen atoms in total. The topological polar surface area (TPSA) is 85.1 Å². The number of ether oxygens (including phenoxy) is 1. The molecule has 0 radical (unpaired) electrons. The predicted octanol–water partition coefficient (Wildman–Crippen LogP) is 3.02. The molecule has 0 aliphatic carbocycles. The smallest absolute Gasteiger partial charge is 0.159 e. The second-order valence-corrected chi connectivity index (χ2v) is 5.68. The highest BCUT2D eigenvalue weighted by molar-refractivity contribution is 5.79. The summed E-state index contributed by atoms with van der Waals surface area (Å²) in [6.45, 7) is 6.13. The zero-order valence-electron chi connectivity index (χ0n) is 12.8. The van der Waals surface area contributed by atoms with Crippen LogP contribution in [0.3, 0.4) is 0 Å². The molecule has 0 aliphatic heterocycles. The van der Waals surface area contributed by atoms with Crippen molar-refractivity contribution in [2.24, 2.45) is 0 Å². The Morgan fingerprint density at radius 2 is 1.76 bits per heavy atom. The molecule has 0 amide bonds. The number of hydrogen-bond donors (Lipinski definition) is 3. The Balaban J connectivity index is 2.31. The molecule has 21 heavy (non-hydrogen) atoms. The molecule has 2 aromatic rings. The van der Waals surface area contributed by atoms with Crippen molar-refractivity contribution in [1.82, 2.24) is 9.97 Å². The number of methoxy groups -OCH3 is 1. The van der Waals surface area contributed by atoms with Crippen LogP contribution in [-0.2, 0) is 0 Å². The summed E-state index contributed by atoms with van der Waals surface area (Å²) in [6, 6.07) is 7.59. The number of rotatable bonds is 4. The quantitative estimate of drug-likeness (QED) is 0.801. The first-order chi connectivity index (χ1) is 9.90. The number of benzene rings is 1. The summed E-state index contributed by atoms with van der Waals surface area (Å²) in [5.74, 6) is 1.87. The summed E-state index contributed by atoms with van der Waals surface area (Å²) in [7, 11) is 1.62. The maximum atomic E-state index is 6.14. The summed E-state index contributed by atoms with van der Waals surface area (Å²) in [5, 5.41) is 6.43. The number of aromatic nitrogens is 2. The third-order valence-corrected chi connectivity index (χ3v) is 2.74. The van der Waals surface area contributed by atoms with Crippen molar-refractivity contribution < 1.29 is 4.74 Å². The van der Waals surface area contributed by atoms with Crippen molar-refractivity contribution in [3.63, 3.8) is 0 Å². The first-order valence-electron chi connectivity index (χ1n) is 6.69. The standard InChI is InChI=1S/C15H21N5O/c1-15(2,3)20-14-12(16)13(17-9-18-14)19-10-7-5-6-8-11(10)21-4/h5-9H,16H2,1-4H3,(H2,17,18,19,20). The van der Waals surface area contributed by atoms with Crippen molar-refractivity contribution in [3.8, 4) is 5.75 Å². The van der Waals surface area contributed by atoms with E-state index in [1.165, 1.54) is 6.33 Å². The molecule has 0 spiro atoms. The van der Waals surface area contributed by atoms with Crippen molar-refractivity contribution in [3.05, 3.63) is 30.6 Å². The minimum Gasteiger partial charge on any atom is -0.495 e. The molecule has 112 valence electrons. The Bertz CT molecular complexity index is 622. The summed E-state index contributed by atoms with van der Waals surface area (Å²) >= 11 is 0. The number of hydrogen-bond acceptors (Lipinski definition) is 6. The molecular weight excluding hydrogens is 266 g/mol. The largest absolute Gasteiger partial charge is 0.495 e. The molecule has 4 N–H and O–H groups in total. The second-order valence-electron chi connectivity index (χ2n) is 5.68. The minimum absolute atomic E-state index is 0.135. The van der Waals surface area contributed by atoms with E-state index in [-0.39, 0.29) is 5.54 Å². The monoisotopic (exact) mass is 287 g/mol. The zero-order valence-corrected chi connectivity index (χ0v) is 12.8. The van der Waals surface area contributed by atoms with Crippen molar-refractivity contribution in [2.75, 3.05) is 23.5 Å². The number of nitrogens with zero attached hydrogens (tertiary/aromatic N) is 2. The van der Waals surface area contributed by atoms with E-state index in [9.17, 15) is 0 Å². The fourth-order valence-electron chi connectivity index (χ4n) is 1.83. The van der Waals surface area contributed by atoms with Gasteiger partial charge in [-0.15, -0.1) is 0 Å². The maximum absolute atomic E-state index is 6.14. The third kappa shape index (κ3) is 3.75. The van der Waals surface area contributed by atoms with E-state index in [4.69, 9.17) is 10.5 Å². The Kier molecular flexibility index (Phi) is 4.16. The highest BCUT2D eigenvalue weighted by atomic mass is 16.5. The van der Waals surface area contributed by atoms with Gasteiger partial charge < -0.3 is 21.1 Å². The first kappa shape index (κ1) is 14.9. The molecule has 6 heteroatoms. The van der Waals surface area contributed by atoms with Crippen LogP contribution in [0.1, 0.15) is 20.8 Å². The molecule has 0 bridgehead atoms. The van der Waals surface area contributed by atoms with Crippen LogP contribution in [0, 0.1) is 0 Å². The summed E-state index contributed by atoms with van der Waals surface area (Å²) in [6.07, 6.45) is 1.47. The van der Waals surface area contributed by atoms with Crippen LogP contribution < -0.4 is 21.1 Å². The van der Waals surface area contributed by atoms with Gasteiger partial charge in [-0.1, -0.05) is 12.1 Å². The van der Waals surface area contributed by atoms with Crippen LogP contribution in [-0.4, -0.2) is 22.6 Å². The number of anilines is 4. The molecule has 1 heterocycles. The highest BCUT2D eigenvalue weighted by Crippen LogP contribution is 2.31. The summed E-state index contributed by atoms with van der Waals surface area (Å²) in [5.41, 5.74) is 7.27. The summed E-state index contributed by atoms with van der Waals surface area (Å²) in [4.78, 5) is 8.39. The van der Waals surface area contributed by atoms with Crippen LogP contribution >= 0.6 is 0 Å². The lowest BCUT2D eigenvalue weighted by Gasteiger charge is -2.23. The van der Waals surface area contributed by atoms with Gasteiger partial charge in [0.05, 0.1) is 12.8 Å². The van der Waals surface area contributed by atoms with E-state index in [2.05, 4.69) is 20.6 Å². The Labute approximate surface area is 124 Å². The van der Waals surface area contributed by atoms with E-state index < -0.39 is 0 Å². The van der Waals surface area contributed by atoms with E-state index >= 15 is 0 Å². The molecule has 2 rings (SSSR count). The molecule has 0 saturated carbocycles. The van der Waals surface area contributed by atoms with Crippen LogP contribution in [0.2, 0.25) is 0 Å². The molecule has 0 atom stereocenters. The number of nitrogens with two attached hydrogens (primary N) is 1. The SMILES string of the molecule is COc1ccccc1Nc1ncnc(NC(C)(C)C)c1N. The van der Waals surface area contributed by atoms with Gasteiger partial charge in [0.2, 0.25) is 0 Å².